The van der Waals surface area contributed by atoms with Gasteiger partial charge in [0.05, 0.1) is 17.1 Å². The summed E-state index contributed by atoms with van der Waals surface area (Å²) >= 11 is 0. The highest BCUT2D eigenvalue weighted by molar-refractivity contribution is 7.90. The Morgan fingerprint density at radius 2 is 2.14 bits per heavy atom. The predicted octanol–water partition coefficient (Wildman–Crippen LogP) is 1.24. The molecule has 1 saturated carbocycles. The van der Waals surface area contributed by atoms with Crippen molar-refractivity contribution in [1.29, 1.82) is 0 Å². The molecule has 3 rings (SSSR count). The summed E-state index contributed by atoms with van der Waals surface area (Å²) in [4.78, 5) is 14.5. The number of ether oxygens (including phenoxy) is 2. The van der Waals surface area contributed by atoms with Crippen molar-refractivity contribution in [2.24, 2.45) is 5.92 Å². The summed E-state index contributed by atoms with van der Waals surface area (Å²) < 4.78 is 34.4. The molecule has 1 amide bonds. The van der Waals surface area contributed by atoms with E-state index in [1.807, 2.05) is 0 Å². The third kappa shape index (κ3) is 2.83. The van der Waals surface area contributed by atoms with Crippen LogP contribution in [0.3, 0.4) is 0 Å². The Bertz CT molecular complexity index is 696. The molecule has 0 radical (unpaired) electrons. The number of hydrogen-bond acceptors (Lipinski definition) is 5. The van der Waals surface area contributed by atoms with Crippen molar-refractivity contribution >= 4 is 21.4 Å². The van der Waals surface area contributed by atoms with Crippen molar-refractivity contribution < 1.29 is 22.7 Å². The Kier molecular flexibility index (Phi) is 3.86. The van der Waals surface area contributed by atoms with Gasteiger partial charge in [-0.05, 0) is 37.0 Å². The third-order valence-electron chi connectivity index (χ3n) is 4.04. The molecule has 1 aromatic carbocycles. The van der Waals surface area contributed by atoms with Crippen LogP contribution in [0.1, 0.15) is 12.8 Å². The fourth-order valence-corrected chi connectivity index (χ4v) is 3.35. The van der Waals surface area contributed by atoms with Gasteiger partial charge in [-0.2, -0.15) is 0 Å². The highest BCUT2D eigenvalue weighted by Crippen LogP contribution is 2.38. The zero-order chi connectivity index (χ0) is 15.9. The molecular formula is C15H19NO5S. The van der Waals surface area contributed by atoms with Gasteiger partial charge in [-0.25, -0.2) is 8.42 Å². The summed E-state index contributed by atoms with van der Waals surface area (Å²) in [6, 6.07) is 4.60. The molecule has 1 heterocycles. The maximum absolute atomic E-state index is 12.7. The average molecular weight is 325 g/mol. The molecule has 0 spiro atoms. The summed E-state index contributed by atoms with van der Waals surface area (Å²) in [5, 5.41) is 0. The Labute approximate surface area is 129 Å². The molecule has 0 N–H and O–H groups in total. The zero-order valence-electron chi connectivity index (χ0n) is 12.6. The number of nitrogens with zero attached hydrogens (tertiary/aromatic N) is 1. The first-order valence-electron chi connectivity index (χ1n) is 7.23. The van der Waals surface area contributed by atoms with Gasteiger partial charge in [0.1, 0.15) is 18.5 Å². The minimum Gasteiger partial charge on any atom is -0.490 e. The lowest BCUT2D eigenvalue weighted by Crippen LogP contribution is -2.45. The fourth-order valence-electron chi connectivity index (χ4n) is 2.70. The van der Waals surface area contributed by atoms with Gasteiger partial charge in [0, 0.05) is 13.4 Å². The highest BCUT2D eigenvalue weighted by atomic mass is 32.2. The highest BCUT2D eigenvalue weighted by Gasteiger charge is 2.40. The van der Waals surface area contributed by atoms with Crippen LogP contribution in [0.15, 0.2) is 23.1 Å². The van der Waals surface area contributed by atoms with Gasteiger partial charge >= 0.3 is 0 Å². The van der Waals surface area contributed by atoms with Crippen molar-refractivity contribution in [3.05, 3.63) is 18.2 Å². The molecule has 1 aliphatic heterocycles. The van der Waals surface area contributed by atoms with Crippen LogP contribution in [0.4, 0.5) is 5.69 Å². The molecule has 6 nitrogen and oxygen atoms in total. The molecule has 1 fully saturated rings. The monoisotopic (exact) mass is 325 g/mol. The lowest BCUT2D eigenvalue weighted by Gasteiger charge is -2.32. The van der Waals surface area contributed by atoms with Gasteiger partial charge in [0.2, 0.25) is 0 Å². The van der Waals surface area contributed by atoms with E-state index in [9.17, 15) is 13.2 Å². The van der Waals surface area contributed by atoms with E-state index in [2.05, 4.69) is 0 Å². The summed E-state index contributed by atoms with van der Waals surface area (Å²) in [7, 11) is -1.80. The van der Waals surface area contributed by atoms with E-state index in [-0.39, 0.29) is 16.7 Å². The lowest BCUT2D eigenvalue weighted by atomic mass is 10.1. The SMILES string of the molecule is COC(C(=O)N1CCOc2ccc(S(C)(=O)=O)cc21)C1CC1. The Morgan fingerprint density at radius 3 is 2.73 bits per heavy atom. The van der Waals surface area contributed by atoms with Gasteiger partial charge in [0.15, 0.2) is 9.84 Å². The first-order chi connectivity index (χ1) is 10.4. The quantitative estimate of drug-likeness (QED) is 0.833. The second-order valence-corrected chi connectivity index (χ2v) is 7.75. The van der Waals surface area contributed by atoms with Crippen LogP contribution in [0.5, 0.6) is 5.75 Å². The molecule has 1 aromatic rings. The van der Waals surface area contributed by atoms with Gasteiger partial charge < -0.3 is 14.4 Å². The van der Waals surface area contributed by atoms with Crippen LogP contribution in [-0.2, 0) is 19.4 Å². The molecule has 1 atom stereocenters. The number of rotatable bonds is 4. The van der Waals surface area contributed by atoms with Crippen molar-refractivity contribution in [3.63, 3.8) is 0 Å². The standard InChI is InChI=1S/C15H19NO5S/c1-20-14(10-3-4-10)15(17)16-7-8-21-13-6-5-11(9-12(13)16)22(2,18)19/h5-6,9-10,14H,3-4,7-8H2,1-2H3. The summed E-state index contributed by atoms with van der Waals surface area (Å²) in [6.07, 6.45) is 2.66. The van der Waals surface area contributed by atoms with Gasteiger partial charge in [-0.3, -0.25) is 4.79 Å². The number of amides is 1. The first-order valence-corrected chi connectivity index (χ1v) is 9.12. The van der Waals surface area contributed by atoms with Crippen molar-refractivity contribution in [3.8, 4) is 5.75 Å². The Hall–Kier alpha value is -1.60. The topological polar surface area (TPSA) is 72.9 Å². The maximum Gasteiger partial charge on any atom is 0.256 e. The molecule has 1 aliphatic carbocycles. The van der Waals surface area contributed by atoms with Crippen LogP contribution in [-0.4, -0.2) is 46.9 Å². The average Bonchev–Trinajstić information content (AvgIpc) is 3.30. The van der Waals surface area contributed by atoms with Crippen LogP contribution in [0, 0.1) is 5.92 Å². The van der Waals surface area contributed by atoms with Crippen LogP contribution in [0.2, 0.25) is 0 Å². The van der Waals surface area contributed by atoms with E-state index in [1.165, 1.54) is 19.2 Å². The number of methoxy groups -OCH3 is 1. The molecule has 7 heteroatoms. The summed E-state index contributed by atoms with van der Waals surface area (Å²) in [5.74, 6) is 0.666. The summed E-state index contributed by atoms with van der Waals surface area (Å²) in [6.45, 7) is 0.781. The van der Waals surface area contributed by atoms with E-state index in [1.54, 1.807) is 11.0 Å². The minimum absolute atomic E-state index is 0.125. The van der Waals surface area contributed by atoms with Crippen LogP contribution in [0.25, 0.3) is 0 Å². The smallest absolute Gasteiger partial charge is 0.256 e. The largest absolute Gasteiger partial charge is 0.490 e. The number of carbonyl (C=O) groups excluding carboxylic acids is 1. The van der Waals surface area contributed by atoms with E-state index in [0.717, 1.165) is 19.1 Å². The summed E-state index contributed by atoms with van der Waals surface area (Å²) in [5.41, 5.74) is 0.502. The molecular weight excluding hydrogens is 306 g/mol. The van der Waals surface area contributed by atoms with E-state index >= 15 is 0 Å². The lowest BCUT2D eigenvalue weighted by molar-refractivity contribution is -0.129. The molecule has 0 aromatic heterocycles. The maximum atomic E-state index is 12.7. The van der Waals surface area contributed by atoms with Gasteiger partial charge in [-0.1, -0.05) is 0 Å². The Balaban J connectivity index is 1.97. The number of fused-ring (bicyclic) bond motifs is 1. The number of benzene rings is 1. The van der Waals surface area contributed by atoms with E-state index in [0.29, 0.717) is 24.6 Å². The normalized spacial score (nSPS) is 19.3. The van der Waals surface area contributed by atoms with Crippen molar-refractivity contribution in [2.45, 2.75) is 23.8 Å². The molecule has 120 valence electrons. The van der Waals surface area contributed by atoms with Gasteiger partial charge in [-0.15, -0.1) is 0 Å². The van der Waals surface area contributed by atoms with E-state index in [4.69, 9.17) is 9.47 Å². The molecule has 1 unspecified atom stereocenters. The number of anilines is 1. The zero-order valence-corrected chi connectivity index (χ0v) is 13.4. The Morgan fingerprint density at radius 1 is 1.41 bits per heavy atom. The first kappa shape index (κ1) is 15.3. The van der Waals surface area contributed by atoms with Crippen molar-refractivity contribution in [1.82, 2.24) is 0 Å². The van der Waals surface area contributed by atoms with Crippen LogP contribution >= 0.6 is 0 Å². The van der Waals surface area contributed by atoms with E-state index < -0.39 is 15.9 Å². The molecule has 22 heavy (non-hydrogen) atoms. The second kappa shape index (κ2) is 5.55. The number of carbonyl (C=O) groups is 1. The molecule has 0 bridgehead atoms. The second-order valence-electron chi connectivity index (χ2n) is 5.73. The number of hydrogen-bond donors (Lipinski definition) is 0. The third-order valence-corrected chi connectivity index (χ3v) is 5.15. The molecule has 0 saturated heterocycles. The predicted molar refractivity (Wildman–Crippen MR) is 80.9 cm³/mol. The van der Waals surface area contributed by atoms with Gasteiger partial charge in [0.25, 0.3) is 5.91 Å². The fraction of sp³-hybridized carbons (Fsp3) is 0.533. The van der Waals surface area contributed by atoms with Crippen LogP contribution < -0.4 is 9.64 Å². The van der Waals surface area contributed by atoms with Crippen molar-refractivity contribution in [2.75, 3.05) is 31.4 Å². The molecule has 2 aliphatic rings. The number of sulfone groups is 1. The minimum atomic E-state index is -3.34.